The van der Waals surface area contributed by atoms with Gasteiger partial charge in [0.15, 0.2) is 5.75 Å². The van der Waals surface area contributed by atoms with Crippen molar-refractivity contribution in [3.63, 3.8) is 0 Å². The average molecular weight is 446 g/mol. The predicted molar refractivity (Wildman–Crippen MR) is 114 cm³/mol. The maximum atomic E-state index is 13.5. The first-order chi connectivity index (χ1) is 14.8. The molecule has 2 aliphatic rings. The number of alkyl halides is 2. The van der Waals surface area contributed by atoms with Crippen molar-refractivity contribution in [2.24, 2.45) is 0 Å². The molecule has 3 heterocycles. The molecule has 1 aliphatic heterocycles. The van der Waals surface area contributed by atoms with E-state index in [9.17, 15) is 23.5 Å². The van der Waals surface area contributed by atoms with Gasteiger partial charge >= 0.3 is 12.6 Å². The fourth-order valence-electron chi connectivity index (χ4n) is 4.33. The first-order valence-corrected chi connectivity index (χ1v) is 10.9. The summed E-state index contributed by atoms with van der Waals surface area (Å²) in [6.07, 6.45) is 2.80. The number of benzene rings is 1. The second-order valence-electron chi connectivity index (χ2n) is 8.10. The van der Waals surface area contributed by atoms with Crippen LogP contribution in [0, 0.1) is 0 Å². The molecule has 0 spiro atoms. The topological polar surface area (TPSA) is 91.4 Å². The van der Waals surface area contributed by atoms with Crippen LogP contribution in [0.4, 0.5) is 8.78 Å². The number of rotatable bonds is 5. The molecule has 0 radical (unpaired) electrons. The van der Waals surface area contributed by atoms with E-state index in [-0.39, 0.29) is 22.6 Å². The van der Waals surface area contributed by atoms with Gasteiger partial charge < -0.3 is 20.1 Å². The number of aromatic carboxylic acids is 1. The fourth-order valence-corrected chi connectivity index (χ4v) is 5.64. The van der Waals surface area contributed by atoms with Gasteiger partial charge in [0, 0.05) is 34.6 Å². The fraction of sp³-hybridized carbons (Fsp3) is 0.364. The second kappa shape index (κ2) is 7.42. The van der Waals surface area contributed by atoms with Crippen LogP contribution < -0.4 is 15.5 Å². The van der Waals surface area contributed by atoms with Crippen molar-refractivity contribution in [1.82, 2.24) is 10.3 Å². The zero-order chi connectivity index (χ0) is 21.9. The minimum atomic E-state index is -3.09. The molecule has 3 N–H and O–H groups in total. The summed E-state index contributed by atoms with van der Waals surface area (Å²) in [5.74, 6) is -1.04. The lowest BCUT2D eigenvalue weighted by molar-refractivity contribution is -0.0485. The molecule has 1 unspecified atom stereocenters. The first kappa shape index (κ1) is 20.1. The number of thiophene rings is 1. The van der Waals surface area contributed by atoms with E-state index in [1.54, 1.807) is 17.4 Å². The number of fused-ring (bicyclic) bond motifs is 2. The van der Waals surface area contributed by atoms with Gasteiger partial charge in [-0.05, 0) is 47.9 Å². The molecule has 1 aromatic carbocycles. The molecule has 6 nitrogen and oxygen atoms in total. The summed E-state index contributed by atoms with van der Waals surface area (Å²) in [6, 6.07) is 3.70. The highest BCUT2D eigenvalue weighted by Crippen LogP contribution is 2.52. The Kier molecular flexibility index (Phi) is 4.82. The van der Waals surface area contributed by atoms with Gasteiger partial charge in [0.2, 0.25) is 5.43 Å². The molecule has 1 atom stereocenters. The van der Waals surface area contributed by atoms with E-state index in [1.807, 2.05) is 6.07 Å². The number of aromatic nitrogens is 1. The number of ether oxygens (including phenoxy) is 1. The zero-order valence-electron chi connectivity index (χ0n) is 16.6. The number of H-pyrrole nitrogens is 1. The minimum absolute atomic E-state index is 0.0533. The molecule has 0 bridgehead atoms. The van der Waals surface area contributed by atoms with Gasteiger partial charge in [-0.25, -0.2) is 4.79 Å². The Morgan fingerprint density at radius 2 is 2.06 bits per heavy atom. The molecular formula is C22H20F2N2O4S. The summed E-state index contributed by atoms with van der Waals surface area (Å²) >= 11 is 1.54. The SMILES string of the molecule is CC1CNCc2sc(-c3c(C4CC4)cc4c(=O)c(C(=O)O)c[nH]c4c3OC(F)F)cc21. The maximum Gasteiger partial charge on any atom is 0.387 e. The highest BCUT2D eigenvalue weighted by Gasteiger charge is 2.33. The molecular weight excluding hydrogens is 426 g/mol. The summed E-state index contributed by atoms with van der Waals surface area (Å²) in [5.41, 5.74) is 1.47. The van der Waals surface area contributed by atoms with E-state index < -0.39 is 23.6 Å². The highest BCUT2D eigenvalue weighted by atomic mass is 32.1. The lowest BCUT2D eigenvalue weighted by Crippen LogP contribution is -2.24. The van der Waals surface area contributed by atoms with Crippen molar-refractivity contribution < 1.29 is 23.4 Å². The largest absolute Gasteiger partial charge is 0.477 e. The van der Waals surface area contributed by atoms with Gasteiger partial charge in [-0.1, -0.05) is 6.92 Å². The monoisotopic (exact) mass is 446 g/mol. The standard InChI is InChI=1S/C22H20F2N2O4S/c1-9-6-25-8-16-11(9)5-15(31-16)17-12(10-2-3-10)4-13-18(20(17)30-22(23)24)26-7-14(19(13)27)21(28)29/h4-5,7,9-10,22,25H,2-3,6,8H2,1H3,(H,26,27)(H,28,29). The Labute approximate surface area is 179 Å². The number of aromatic amines is 1. The van der Waals surface area contributed by atoms with Crippen LogP contribution in [0.25, 0.3) is 21.3 Å². The lowest BCUT2D eigenvalue weighted by Gasteiger charge is -2.19. The molecule has 1 fully saturated rings. The number of hydrogen-bond donors (Lipinski definition) is 3. The predicted octanol–water partition coefficient (Wildman–Crippen LogP) is 4.64. The number of nitrogens with one attached hydrogen (secondary N) is 2. The zero-order valence-corrected chi connectivity index (χ0v) is 17.4. The van der Waals surface area contributed by atoms with Crippen molar-refractivity contribution >= 4 is 28.2 Å². The van der Waals surface area contributed by atoms with Gasteiger partial charge in [0.1, 0.15) is 5.56 Å². The van der Waals surface area contributed by atoms with Gasteiger partial charge in [0.25, 0.3) is 0 Å². The Bertz CT molecular complexity index is 1260. The maximum absolute atomic E-state index is 13.5. The van der Waals surface area contributed by atoms with Crippen molar-refractivity contribution in [2.45, 2.75) is 44.8 Å². The summed E-state index contributed by atoms with van der Waals surface area (Å²) in [7, 11) is 0. The van der Waals surface area contributed by atoms with E-state index in [0.29, 0.717) is 11.5 Å². The smallest absolute Gasteiger partial charge is 0.387 e. The minimum Gasteiger partial charge on any atom is -0.477 e. The van der Waals surface area contributed by atoms with Crippen LogP contribution in [0.15, 0.2) is 23.1 Å². The van der Waals surface area contributed by atoms with Gasteiger partial charge in [0.05, 0.1) is 10.9 Å². The lowest BCUT2D eigenvalue weighted by atomic mass is 9.94. The van der Waals surface area contributed by atoms with E-state index in [1.165, 1.54) is 5.56 Å². The van der Waals surface area contributed by atoms with Crippen LogP contribution in [0.1, 0.15) is 58.0 Å². The number of carboxylic acids is 1. The van der Waals surface area contributed by atoms with Gasteiger partial charge in [-0.2, -0.15) is 8.78 Å². The average Bonchev–Trinajstić information content (AvgIpc) is 3.46. The molecule has 5 rings (SSSR count). The van der Waals surface area contributed by atoms with Crippen LogP contribution in [-0.2, 0) is 6.54 Å². The third-order valence-electron chi connectivity index (χ3n) is 5.97. The molecule has 2 aromatic heterocycles. The van der Waals surface area contributed by atoms with E-state index >= 15 is 0 Å². The first-order valence-electron chi connectivity index (χ1n) is 10.1. The van der Waals surface area contributed by atoms with Crippen LogP contribution in [0.3, 0.4) is 0 Å². The van der Waals surface area contributed by atoms with Gasteiger partial charge in [-0.15, -0.1) is 11.3 Å². The second-order valence-corrected chi connectivity index (χ2v) is 9.24. The summed E-state index contributed by atoms with van der Waals surface area (Å²) in [5, 5.41) is 12.7. The summed E-state index contributed by atoms with van der Waals surface area (Å²) in [6.45, 7) is 0.600. The Morgan fingerprint density at radius 1 is 1.29 bits per heavy atom. The van der Waals surface area contributed by atoms with Crippen LogP contribution in [-0.4, -0.2) is 29.2 Å². The Morgan fingerprint density at radius 3 is 2.71 bits per heavy atom. The summed E-state index contributed by atoms with van der Waals surface area (Å²) in [4.78, 5) is 28.9. The highest BCUT2D eigenvalue weighted by molar-refractivity contribution is 7.15. The quantitative estimate of drug-likeness (QED) is 0.531. The number of halogens is 2. The normalized spacial score (nSPS) is 18.4. The number of pyridine rings is 1. The Hall–Kier alpha value is -2.78. The summed E-state index contributed by atoms with van der Waals surface area (Å²) < 4.78 is 31.9. The molecule has 162 valence electrons. The van der Waals surface area contributed by atoms with Crippen LogP contribution >= 0.6 is 11.3 Å². The van der Waals surface area contributed by atoms with Crippen molar-refractivity contribution in [3.05, 3.63) is 50.1 Å². The van der Waals surface area contributed by atoms with E-state index in [4.69, 9.17) is 4.74 Å². The molecule has 0 saturated heterocycles. The molecule has 1 aliphatic carbocycles. The number of carboxylic acid groups (broad SMARTS) is 1. The van der Waals surface area contributed by atoms with Crippen molar-refractivity contribution in [3.8, 4) is 16.2 Å². The third-order valence-corrected chi connectivity index (χ3v) is 7.14. The number of hydrogen-bond acceptors (Lipinski definition) is 5. The number of carbonyl (C=O) groups is 1. The molecule has 9 heteroatoms. The van der Waals surface area contributed by atoms with Gasteiger partial charge in [-0.3, -0.25) is 4.79 Å². The van der Waals surface area contributed by atoms with E-state index in [2.05, 4.69) is 17.2 Å². The van der Waals surface area contributed by atoms with E-state index in [0.717, 1.165) is 47.4 Å². The van der Waals surface area contributed by atoms with Crippen LogP contribution in [0.5, 0.6) is 5.75 Å². The molecule has 31 heavy (non-hydrogen) atoms. The van der Waals surface area contributed by atoms with Crippen molar-refractivity contribution in [2.75, 3.05) is 6.54 Å². The third kappa shape index (κ3) is 3.41. The molecule has 0 amide bonds. The van der Waals surface area contributed by atoms with Crippen LogP contribution in [0.2, 0.25) is 0 Å². The molecule has 3 aromatic rings. The Balaban J connectivity index is 1.83. The molecule has 1 saturated carbocycles. The van der Waals surface area contributed by atoms with Crippen molar-refractivity contribution in [1.29, 1.82) is 0 Å².